The number of aromatic amines is 1. The summed E-state index contributed by atoms with van der Waals surface area (Å²) in [6.07, 6.45) is 3.83. The van der Waals surface area contributed by atoms with Crippen LogP contribution in [0.5, 0.6) is 0 Å². The molecule has 1 aromatic carbocycles. The van der Waals surface area contributed by atoms with Crippen molar-refractivity contribution >= 4 is 10.0 Å². The zero-order valence-electron chi connectivity index (χ0n) is 16.8. The van der Waals surface area contributed by atoms with Gasteiger partial charge in [-0.1, -0.05) is 19.1 Å². The number of aryl methyl sites for hydroxylation is 1. The minimum Gasteiger partial charge on any atom is -0.384 e. The molecule has 2 atom stereocenters. The molecular formula is C21H27N3O4S. The maximum atomic E-state index is 13.4. The number of nitrogens with one attached hydrogen (secondary N) is 1. The normalized spacial score (nSPS) is 21.7. The minimum atomic E-state index is -3.63. The highest BCUT2D eigenvalue weighted by Crippen LogP contribution is 2.37. The Morgan fingerprint density at radius 1 is 1.17 bits per heavy atom. The first kappa shape index (κ1) is 20.3. The standard InChI is InChI=1S/C21H27N3O4S/c1-3-14-4-8-17(9-5-14)29(26,27)24-15-6-7-16(24)13-19-18(12-15)21(25)23-20(22-19)10-11-28-2/h4-5,8-9,15-16H,3,6-7,10-13H2,1-2H3,(H,22,23,25)/t15-,16+/m1/s1. The molecule has 29 heavy (non-hydrogen) atoms. The Balaban J connectivity index is 1.68. The highest BCUT2D eigenvalue weighted by Gasteiger charge is 2.45. The number of H-pyrrole nitrogens is 1. The Kier molecular flexibility index (Phi) is 5.59. The second-order valence-corrected chi connectivity index (χ2v) is 9.65. The van der Waals surface area contributed by atoms with Gasteiger partial charge in [-0.3, -0.25) is 4.79 Å². The van der Waals surface area contributed by atoms with Crippen molar-refractivity contribution < 1.29 is 13.2 Å². The number of hydrogen-bond donors (Lipinski definition) is 1. The van der Waals surface area contributed by atoms with Crippen LogP contribution in [-0.2, 0) is 40.4 Å². The van der Waals surface area contributed by atoms with E-state index in [1.54, 1.807) is 23.5 Å². The fourth-order valence-electron chi connectivity index (χ4n) is 4.48. The van der Waals surface area contributed by atoms with Gasteiger partial charge in [-0.15, -0.1) is 0 Å². The van der Waals surface area contributed by atoms with Crippen molar-refractivity contribution in [3.63, 3.8) is 0 Å². The monoisotopic (exact) mass is 417 g/mol. The van der Waals surface area contributed by atoms with Gasteiger partial charge >= 0.3 is 0 Å². The number of hydrogen-bond acceptors (Lipinski definition) is 5. The molecule has 1 saturated heterocycles. The average molecular weight is 418 g/mol. The van der Waals surface area contributed by atoms with Crippen LogP contribution in [0.1, 0.15) is 42.4 Å². The molecule has 7 nitrogen and oxygen atoms in total. The van der Waals surface area contributed by atoms with Gasteiger partial charge in [-0.25, -0.2) is 13.4 Å². The van der Waals surface area contributed by atoms with Crippen molar-refractivity contribution in [2.24, 2.45) is 0 Å². The number of fused-ring (bicyclic) bond motifs is 3. The third-order valence-corrected chi connectivity index (χ3v) is 8.04. The number of benzene rings is 1. The van der Waals surface area contributed by atoms with Gasteiger partial charge < -0.3 is 9.72 Å². The van der Waals surface area contributed by atoms with E-state index in [2.05, 4.69) is 9.97 Å². The number of nitrogens with zero attached hydrogens (tertiary/aromatic N) is 2. The Bertz CT molecular complexity index is 1050. The average Bonchev–Trinajstić information content (AvgIpc) is 3.02. The number of sulfonamides is 1. The smallest absolute Gasteiger partial charge is 0.254 e. The molecule has 0 aliphatic carbocycles. The van der Waals surface area contributed by atoms with Crippen LogP contribution >= 0.6 is 0 Å². The van der Waals surface area contributed by atoms with Gasteiger partial charge in [0.2, 0.25) is 10.0 Å². The molecule has 1 N–H and O–H groups in total. The maximum absolute atomic E-state index is 13.4. The quantitative estimate of drug-likeness (QED) is 0.774. The van der Waals surface area contributed by atoms with E-state index in [1.165, 1.54) is 0 Å². The molecule has 3 heterocycles. The highest BCUT2D eigenvalue weighted by molar-refractivity contribution is 7.89. The van der Waals surface area contributed by atoms with E-state index < -0.39 is 10.0 Å². The number of aromatic nitrogens is 2. The van der Waals surface area contributed by atoms with Crippen LogP contribution in [0, 0.1) is 0 Å². The summed E-state index contributed by atoms with van der Waals surface area (Å²) in [5.74, 6) is 0.595. The second-order valence-electron chi connectivity index (χ2n) is 7.81. The SMILES string of the molecule is CCc1ccc(S(=O)(=O)N2[C@@H]3CC[C@H]2Cc2nc(CCOC)[nH]c(=O)c2C3)cc1. The largest absolute Gasteiger partial charge is 0.384 e. The van der Waals surface area contributed by atoms with Gasteiger partial charge in [0.05, 0.1) is 17.2 Å². The lowest BCUT2D eigenvalue weighted by Gasteiger charge is -2.27. The molecule has 0 saturated carbocycles. The summed E-state index contributed by atoms with van der Waals surface area (Å²) in [7, 11) is -2.02. The number of ether oxygens (including phenoxy) is 1. The summed E-state index contributed by atoms with van der Waals surface area (Å²) in [6.45, 7) is 2.52. The first-order valence-electron chi connectivity index (χ1n) is 10.2. The van der Waals surface area contributed by atoms with Crippen LogP contribution in [-0.4, -0.2) is 48.5 Å². The summed E-state index contributed by atoms with van der Waals surface area (Å²) in [6, 6.07) is 6.76. The lowest BCUT2D eigenvalue weighted by atomic mass is 9.98. The van der Waals surface area contributed by atoms with E-state index in [0.717, 1.165) is 30.5 Å². The molecule has 2 bridgehead atoms. The van der Waals surface area contributed by atoms with E-state index in [0.29, 0.717) is 42.2 Å². The summed E-state index contributed by atoms with van der Waals surface area (Å²) in [5.41, 5.74) is 2.31. The van der Waals surface area contributed by atoms with E-state index in [1.807, 2.05) is 19.1 Å². The molecule has 4 rings (SSSR count). The van der Waals surface area contributed by atoms with E-state index in [4.69, 9.17) is 4.74 Å². The molecule has 0 spiro atoms. The first-order chi connectivity index (χ1) is 13.9. The molecule has 156 valence electrons. The van der Waals surface area contributed by atoms with E-state index in [-0.39, 0.29) is 17.6 Å². The molecule has 8 heteroatoms. The predicted molar refractivity (Wildman–Crippen MR) is 110 cm³/mol. The van der Waals surface area contributed by atoms with Gasteiger partial charge in [0.1, 0.15) is 5.82 Å². The molecule has 0 amide bonds. The van der Waals surface area contributed by atoms with Gasteiger partial charge in [-0.2, -0.15) is 4.31 Å². The summed E-state index contributed by atoms with van der Waals surface area (Å²) < 4.78 is 33.6. The number of methoxy groups -OCH3 is 1. The molecule has 2 aliphatic heterocycles. The molecule has 1 fully saturated rings. The molecule has 2 aliphatic rings. The second kappa shape index (κ2) is 8.01. The topological polar surface area (TPSA) is 92.4 Å². The molecule has 0 unspecified atom stereocenters. The van der Waals surface area contributed by atoms with Crippen LogP contribution < -0.4 is 5.56 Å². The van der Waals surface area contributed by atoms with Crippen molar-refractivity contribution in [3.05, 3.63) is 57.3 Å². The maximum Gasteiger partial charge on any atom is 0.254 e. The minimum absolute atomic E-state index is 0.154. The predicted octanol–water partition coefficient (Wildman–Crippen LogP) is 1.84. The van der Waals surface area contributed by atoms with Crippen LogP contribution in [0.15, 0.2) is 34.0 Å². The third-order valence-electron chi connectivity index (χ3n) is 6.02. The van der Waals surface area contributed by atoms with E-state index in [9.17, 15) is 13.2 Å². The fourth-order valence-corrected chi connectivity index (χ4v) is 6.35. The van der Waals surface area contributed by atoms with E-state index >= 15 is 0 Å². The van der Waals surface area contributed by atoms with Gasteiger partial charge in [0, 0.05) is 37.6 Å². The lowest BCUT2D eigenvalue weighted by molar-refractivity contribution is 0.200. The van der Waals surface area contributed by atoms with Crippen LogP contribution in [0.25, 0.3) is 0 Å². The Morgan fingerprint density at radius 3 is 2.52 bits per heavy atom. The third kappa shape index (κ3) is 3.76. The fraction of sp³-hybridized carbons (Fsp3) is 0.524. The molecular weight excluding hydrogens is 390 g/mol. The highest BCUT2D eigenvalue weighted by atomic mass is 32.2. The zero-order chi connectivity index (χ0) is 20.6. The Labute approximate surface area is 171 Å². The summed E-state index contributed by atoms with van der Waals surface area (Å²) in [5, 5.41) is 0. The van der Waals surface area contributed by atoms with Crippen LogP contribution in [0.2, 0.25) is 0 Å². The zero-order valence-corrected chi connectivity index (χ0v) is 17.7. The first-order valence-corrected chi connectivity index (χ1v) is 11.6. The Morgan fingerprint density at radius 2 is 1.86 bits per heavy atom. The van der Waals surface area contributed by atoms with Crippen molar-refractivity contribution in [1.82, 2.24) is 14.3 Å². The molecule has 1 aromatic heterocycles. The summed E-state index contributed by atoms with van der Waals surface area (Å²) >= 11 is 0. The van der Waals surface area contributed by atoms with Crippen molar-refractivity contribution in [2.45, 2.75) is 62.4 Å². The van der Waals surface area contributed by atoms with Gasteiger partial charge in [-0.05, 0) is 43.4 Å². The van der Waals surface area contributed by atoms with Crippen molar-refractivity contribution in [2.75, 3.05) is 13.7 Å². The molecule has 0 radical (unpaired) electrons. The van der Waals surface area contributed by atoms with Crippen LogP contribution in [0.3, 0.4) is 0 Å². The Hall–Kier alpha value is -2.03. The van der Waals surface area contributed by atoms with Gasteiger partial charge in [0.15, 0.2) is 0 Å². The van der Waals surface area contributed by atoms with Crippen molar-refractivity contribution in [1.29, 1.82) is 0 Å². The van der Waals surface area contributed by atoms with Crippen molar-refractivity contribution in [3.8, 4) is 0 Å². The number of rotatable bonds is 6. The van der Waals surface area contributed by atoms with Gasteiger partial charge in [0.25, 0.3) is 5.56 Å². The summed E-state index contributed by atoms with van der Waals surface area (Å²) in [4.78, 5) is 20.5. The van der Waals surface area contributed by atoms with Crippen LogP contribution in [0.4, 0.5) is 0 Å². The molecule has 2 aromatic rings. The lowest BCUT2D eigenvalue weighted by Crippen LogP contribution is -2.41.